The Balaban J connectivity index is 3.07. The van der Waals surface area contributed by atoms with Crippen LogP contribution in [0.25, 0.3) is 0 Å². The molecule has 0 aromatic carbocycles. The Morgan fingerprint density at radius 3 is 2.56 bits per heavy atom. The first-order chi connectivity index (χ1) is 4.25. The molecule has 3 heteroatoms. The van der Waals surface area contributed by atoms with Gasteiger partial charge in [0.05, 0.1) is 6.20 Å². The molecule has 0 atom stereocenters. The molecule has 0 unspecified atom stereocenters. The van der Waals surface area contributed by atoms with E-state index in [4.69, 9.17) is 0 Å². The van der Waals surface area contributed by atoms with Crippen LogP contribution < -0.4 is 5.32 Å². The lowest BCUT2D eigenvalue weighted by atomic mass is 10.4. The third-order valence-electron chi connectivity index (χ3n) is 1.36. The van der Waals surface area contributed by atoms with E-state index in [1.54, 1.807) is 0 Å². The number of anilines is 1. The molecule has 0 radical (unpaired) electrons. The van der Waals surface area contributed by atoms with Crippen molar-refractivity contribution in [1.29, 1.82) is 0 Å². The van der Waals surface area contributed by atoms with Crippen LogP contribution >= 0.6 is 0 Å². The average molecular weight is 125 g/mol. The molecule has 1 rings (SSSR count). The van der Waals surface area contributed by atoms with E-state index in [1.165, 1.54) is 5.56 Å². The van der Waals surface area contributed by atoms with Crippen molar-refractivity contribution in [3.8, 4) is 0 Å². The lowest BCUT2D eigenvalue weighted by Crippen LogP contribution is -1.98. The van der Waals surface area contributed by atoms with Crippen LogP contribution in [0.5, 0.6) is 0 Å². The summed E-state index contributed by atoms with van der Waals surface area (Å²) >= 11 is 0. The smallest absolute Gasteiger partial charge is 0.126 e. The molecule has 1 aromatic heterocycles. The fourth-order valence-electron chi connectivity index (χ4n) is 0.906. The largest absolute Gasteiger partial charge is 0.373 e. The number of hydrogen-bond acceptors (Lipinski definition) is 2. The van der Waals surface area contributed by atoms with Crippen molar-refractivity contribution in [3.63, 3.8) is 0 Å². The molecule has 3 nitrogen and oxygen atoms in total. The Labute approximate surface area is 54.7 Å². The highest BCUT2D eigenvalue weighted by Crippen LogP contribution is 2.09. The number of nitrogens with zero attached hydrogens (tertiary/aromatic N) is 2. The van der Waals surface area contributed by atoms with Gasteiger partial charge in [0.25, 0.3) is 0 Å². The Morgan fingerprint density at radius 1 is 1.67 bits per heavy atom. The zero-order valence-corrected chi connectivity index (χ0v) is 5.97. The van der Waals surface area contributed by atoms with Gasteiger partial charge in [-0.3, -0.25) is 4.68 Å². The summed E-state index contributed by atoms with van der Waals surface area (Å²) in [5.41, 5.74) is 1.18. The molecule has 0 amide bonds. The highest BCUT2D eigenvalue weighted by molar-refractivity contribution is 5.41. The standard InChI is InChI=1S/C6H11N3/c1-5-4-8-9(3)6(5)7-2/h4,7H,1-3H3. The monoisotopic (exact) mass is 125 g/mol. The fourth-order valence-corrected chi connectivity index (χ4v) is 0.906. The molecule has 0 fully saturated rings. The lowest BCUT2D eigenvalue weighted by Gasteiger charge is -1.99. The maximum absolute atomic E-state index is 4.04. The molecule has 50 valence electrons. The fraction of sp³-hybridized carbons (Fsp3) is 0.500. The van der Waals surface area contributed by atoms with E-state index >= 15 is 0 Å². The minimum atomic E-state index is 1.08. The number of aryl methyl sites for hydroxylation is 2. The second kappa shape index (κ2) is 2.09. The molecule has 0 saturated heterocycles. The molecular weight excluding hydrogens is 114 g/mol. The predicted octanol–water partition coefficient (Wildman–Crippen LogP) is 0.770. The molecule has 0 saturated carbocycles. The summed E-state index contributed by atoms with van der Waals surface area (Å²) in [6.45, 7) is 2.03. The number of rotatable bonds is 1. The van der Waals surface area contributed by atoms with Crippen molar-refractivity contribution >= 4 is 5.82 Å². The SMILES string of the molecule is CNc1c(C)cnn1C. The van der Waals surface area contributed by atoms with Gasteiger partial charge in [-0.05, 0) is 6.92 Å². The van der Waals surface area contributed by atoms with Crippen LogP contribution in [0.4, 0.5) is 5.82 Å². The molecule has 1 N–H and O–H groups in total. The highest BCUT2D eigenvalue weighted by Gasteiger charge is 1.98. The highest BCUT2D eigenvalue weighted by atomic mass is 15.3. The Hall–Kier alpha value is -0.990. The van der Waals surface area contributed by atoms with Crippen LogP contribution in [-0.2, 0) is 7.05 Å². The molecule has 0 aliphatic carbocycles. The summed E-state index contributed by atoms with van der Waals surface area (Å²) in [7, 11) is 3.81. The van der Waals surface area contributed by atoms with Crippen molar-refractivity contribution in [1.82, 2.24) is 9.78 Å². The summed E-state index contributed by atoms with van der Waals surface area (Å²) in [5.74, 6) is 1.08. The minimum absolute atomic E-state index is 1.08. The van der Waals surface area contributed by atoms with E-state index < -0.39 is 0 Å². The summed E-state index contributed by atoms with van der Waals surface area (Å²) in [4.78, 5) is 0. The van der Waals surface area contributed by atoms with E-state index in [1.807, 2.05) is 31.9 Å². The second-order valence-electron chi connectivity index (χ2n) is 2.05. The van der Waals surface area contributed by atoms with E-state index in [2.05, 4.69) is 10.4 Å². The molecule has 9 heavy (non-hydrogen) atoms. The third kappa shape index (κ3) is 0.896. The zero-order chi connectivity index (χ0) is 6.85. The summed E-state index contributed by atoms with van der Waals surface area (Å²) in [5, 5.41) is 7.09. The molecular formula is C6H11N3. The van der Waals surface area contributed by atoms with Gasteiger partial charge in [0, 0.05) is 19.7 Å². The van der Waals surface area contributed by atoms with Gasteiger partial charge in [0.1, 0.15) is 5.82 Å². The van der Waals surface area contributed by atoms with Gasteiger partial charge < -0.3 is 5.32 Å². The van der Waals surface area contributed by atoms with Gasteiger partial charge in [-0.15, -0.1) is 0 Å². The van der Waals surface area contributed by atoms with E-state index in [-0.39, 0.29) is 0 Å². The molecule has 0 bridgehead atoms. The molecule has 0 spiro atoms. The van der Waals surface area contributed by atoms with Crippen LogP contribution in [0.2, 0.25) is 0 Å². The maximum atomic E-state index is 4.04. The van der Waals surface area contributed by atoms with Gasteiger partial charge in [0.15, 0.2) is 0 Å². The third-order valence-corrected chi connectivity index (χ3v) is 1.36. The predicted molar refractivity (Wildman–Crippen MR) is 37.5 cm³/mol. The lowest BCUT2D eigenvalue weighted by molar-refractivity contribution is 0.774. The zero-order valence-electron chi connectivity index (χ0n) is 5.97. The second-order valence-corrected chi connectivity index (χ2v) is 2.05. The van der Waals surface area contributed by atoms with Crippen LogP contribution in [0.15, 0.2) is 6.20 Å². The summed E-state index contributed by atoms with van der Waals surface area (Å²) < 4.78 is 1.81. The first-order valence-corrected chi connectivity index (χ1v) is 2.92. The molecule has 0 aliphatic rings. The van der Waals surface area contributed by atoms with Crippen molar-refractivity contribution in [2.75, 3.05) is 12.4 Å². The molecule has 1 aromatic rings. The van der Waals surface area contributed by atoms with Gasteiger partial charge in [-0.25, -0.2) is 0 Å². The Morgan fingerprint density at radius 2 is 2.33 bits per heavy atom. The van der Waals surface area contributed by atoms with Gasteiger partial charge in [0.2, 0.25) is 0 Å². The Kier molecular flexibility index (Phi) is 1.42. The van der Waals surface area contributed by atoms with Crippen molar-refractivity contribution < 1.29 is 0 Å². The number of aromatic nitrogens is 2. The molecule has 1 heterocycles. The quantitative estimate of drug-likeness (QED) is 0.600. The van der Waals surface area contributed by atoms with Crippen molar-refractivity contribution in [3.05, 3.63) is 11.8 Å². The minimum Gasteiger partial charge on any atom is -0.373 e. The van der Waals surface area contributed by atoms with E-state index in [0.717, 1.165) is 5.82 Å². The van der Waals surface area contributed by atoms with Gasteiger partial charge in [-0.2, -0.15) is 5.10 Å². The topological polar surface area (TPSA) is 29.9 Å². The Bertz CT molecular complexity index is 183. The van der Waals surface area contributed by atoms with Crippen molar-refractivity contribution in [2.45, 2.75) is 6.92 Å². The van der Waals surface area contributed by atoms with Crippen LogP contribution in [0.3, 0.4) is 0 Å². The van der Waals surface area contributed by atoms with E-state index in [9.17, 15) is 0 Å². The number of nitrogens with one attached hydrogen (secondary N) is 1. The maximum Gasteiger partial charge on any atom is 0.126 e. The van der Waals surface area contributed by atoms with Crippen LogP contribution in [0, 0.1) is 6.92 Å². The van der Waals surface area contributed by atoms with Crippen LogP contribution in [0.1, 0.15) is 5.56 Å². The van der Waals surface area contributed by atoms with E-state index in [0.29, 0.717) is 0 Å². The average Bonchev–Trinajstić information content (AvgIpc) is 2.12. The van der Waals surface area contributed by atoms with Crippen LogP contribution in [-0.4, -0.2) is 16.8 Å². The number of hydrogen-bond donors (Lipinski definition) is 1. The first kappa shape index (κ1) is 6.13. The summed E-state index contributed by atoms with van der Waals surface area (Å²) in [6, 6.07) is 0. The first-order valence-electron chi connectivity index (χ1n) is 2.92. The van der Waals surface area contributed by atoms with Gasteiger partial charge >= 0.3 is 0 Å². The molecule has 0 aliphatic heterocycles. The summed E-state index contributed by atoms with van der Waals surface area (Å²) in [6.07, 6.45) is 1.84. The normalized spacial score (nSPS) is 9.67. The van der Waals surface area contributed by atoms with Crippen molar-refractivity contribution in [2.24, 2.45) is 7.05 Å². The van der Waals surface area contributed by atoms with Gasteiger partial charge in [-0.1, -0.05) is 0 Å².